The van der Waals surface area contributed by atoms with Crippen LogP contribution in [0.25, 0.3) is 11.0 Å². The molecular formula is C19H15NO3. The first-order chi connectivity index (χ1) is 11.3. The lowest BCUT2D eigenvalue weighted by molar-refractivity contribution is 0.112. The van der Waals surface area contributed by atoms with Gasteiger partial charge >= 0.3 is 0 Å². The van der Waals surface area contributed by atoms with Crippen LogP contribution in [0.2, 0.25) is 0 Å². The lowest BCUT2D eigenvalue weighted by Crippen LogP contribution is -2.22. The van der Waals surface area contributed by atoms with Crippen LogP contribution in [-0.4, -0.2) is 12.8 Å². The highest BCUT2D eigenvalue weighted by Gasteiger charge is 2.20. The average Bonchev–Trinajstić information content (AvgIpc) is 2.60. The fourth-order valence-corrected chi connectivity index (χ4v) is 2.49. The molecule has 0 amide bonds. The highest BCUT2D eigenvalue weighted by atomic mass is 16.4. The molecular weight excluding hydrogens is 290 g/mol. The first-order valence-electron chi connectivity index (χ1n) is 7.20. The van der Waals surface area contributed by atoms with Crippen molar-refractivity contribution in [2.24, 2.45) is 0 Å². The molecule has 0 unspecified atom stereocenters. The smallest absolute Gasteiger partial charge is 0.215 e. The Balaban J connectivity index is 2.29. The summed E-state index contributed by atoms with van der Waals surface area (Å²) in [6, 6.07) is 16.3. The summed E-state index contributed by atoms with van der Waals surface area (Å²) in [5.41, 5.74) is 0.938. The molecule has 23 heavy (non-hydrogen) atoms. The molecule has 0 saturated heterocycles. The molecule has 1 aromatic heterocycles. The predicted molar refractivity (Wildman–Crippen MR) is 91.5 cm³/mol. The molecule has 1 heterocycles. The zero-order valence-corrected chi connectivity index (χ0v) is 12.4. The van der Waals surface area contributed by atoms with Crippen LogP contribution in [0.5, 0.6) is 0 Å². The summed E-state index contributed by atoms with van der Waals surface area (Å²) in [5, 5.41) is 0.393. The van der Waals surface area contributed by atoms with Gasteiger partial charge in [-0.2, -0.15) is 0 Å². The quantitative estimate of drug-likeness (QED) is 0.529. The van der Waals surface area contributed by atoms with Crippen molar-refractivity contribution in [1.82, 2.24) is 0 Å². The van der Waals surface area contributed by atoms with Crippen LogP contribution in [0.15, 0.2) is 76.5 Å². The van der Waals surface area contributed by atoms with Crippen LogP contribution < -0.4 is 10.3 Å². The molecule has 0 spiro atoms. The Morgan fingerprint density at radius 2 is 1.74 bits per heavy atom. The summed E-state index contributed by atoms with van der Waals surface area (Å²) in [5.74, 6) is 0.231. The van der Waals surface area contributed by atoms with Gasteiger partial charge in [-0.05, 0) is 24.3 Å². The van der Waals surface area contributed by atoms with E-state index in [1.807, 2.05) is 30.3 Å². The minimum atomic E-state index is -0.332. The van der Waals surface area contributed by atoms with E-state index in [0.717, 1.165) is 5.69 Å². The first kappa shape index (κ1) is 14.8. The number of rotatable bonds is 5. The van der Waals surface area contributed by atoms with Gasteiger partial charge in [0.1, 0.15) is 11.1 Å². The number of carbonyl (C=O) groups is 1. The summed E-state index contributed by atoms with van der Waals surface area (Å²) in [7, 11) is 0. The maximum absolute atomic E-state index is 12.6. The maximum Gasteiger partial charge on any atom is 0.215 e. The molecule has 0 fully saturated rings. The van der Waals surface area contributed by atoms with Crippen molar-refractivity contribution in [3.8, 4) is 0 Å². The van der Waals surface area contributed by atoms with Gasteiger partial charge in [-0.25, -0.2) is 0 Å². The van der Waals surface area contributed by atoms with Crippen molar-refractivity contribution < 1.29 is 9.21 Å². The average molecular weight is 305 g/mol. The molecule has 0 N–H and O–H groups in total. The second kappa shape index (κ2) is 6.32. The third-order valence-corrected chi connectivity index (χ3v) is 3.56. The molecule has 4 nitrogen and oxygen atoms in total. The highest BCUT2D eigenvalue weighted by molar-refractivity contribution is 5.90. The van der Waals surface area contributed by atoms with E-state index in [9.17, 15) is 9.59 Å². The van der Waals surface area contributed by atoms with Crippen LogP contribution in [-0.2, 0) is 0 Å². The fourth-order valence-electron chi connectivity index (χ4n) is 2.49. The minimum Gasteiger partial charge on any atom is -0.439 e. The fraction of sp³-hybridized carbons (Fsp3) is 0.0526. The number of hydrogen-bond acceptors (Lipinski definition) is 4. The second-order valence-corrected chi connectivity index (χ2v) is 5.00. The van der Waals surface area contributed by atoms with E-state index in [0.29, 0.717) is 23.8 Å². The summed E-state index contributed by atoms with van der Waals surface area (Å²) < 4.78 is 5.88. The van der Waals surface area contributed by atoms with Gasteiger partial charge in [-0.1, -0.05) is 36.4 Å². The number of carbonyl (C=O) groups excluding carboxylic acids is 1. The van der Waals surface area contributed by atoms with Crippen molar-refractivity contribution in [2.45, 2.75) is 0 Å². The number of hydrogen-bond donors (Lipinski definition) is 0. The van der Waals surface area contributed by atoms with Crippen LogP contribution >= 0.6 is 0 Å². The number of fused-ring (bicyclic) bond motifs is 1. The molecule has 0 atom stereocenters. The van der Waals surface area contributed by atoms with E-state index < -0.39 is 0 Å². The molecule has 0 aliphatic heterocycles. The Kier molecular flexibility index (Phi) is 4.06. The molecule has 0 bridgehead atoms. The molecule has 2 aromatic carbocycles. The van der Waals surface area contributed by atoms with E-state index in [1.54, 1.807) is 35.2 Å². The topological polar surface area (TPSA) is 50.5 Å². The summed E-state index contributed by atoms with van der Waals surface area (Å²) in [6.07, 6.45) is 2.24. The van der Waals surface area contributed by atoms with Gasteiger partial charge in [-0.3, -0.25) is 9.59 Å². The molecule has 0 saturated carbocycles. The lowest BCUT2D eigenvalue weighted by Gasteiger charge is -2.23. The molecule has 4 heteroatoms. The summed E-state index contributed by atoms with van der Waals surface area (Å²) >= 11 is 0. The number of para-hydroxylation sites is 2. The maximum atomic E-state index is 12.6. The van der Waals surface area contributed by atoms with Gasteiger partial charge in [-0.15, -0.1) is 6.58 Å². The SMILES string of the molecule is C=CCN(c1ccccc1)c1oc2ccccc2c(=O)c1C=O. The van der Waals surface area contributed by atoms with Gasteiger partial charge in [0.05, 0.1) is 5.39 Å². The van der Waals surface area contributed by atoms with E-state index in [-0.39, 0.29) is 16.9 Å². The summed E-state index contributed by atoms with van der Waals surface area (Å²) in [6.45, 7) is 4.15. The second-order valence-electron chi connectivity index (χ2n) is 5.00. The third kappa shape index (κ3) is 2.66. The molecule has 0 radical (unpaired) electrons. The third-order valence-electron chi connectivity index (χ3n) is 3.56. The Labute approximate surface area is 133 Å². The Bertz CT molecular complexity index is 913. The van der Waals surface area contributed by atoms with Gasteiger partial charge in [0.25, 0.3) is 0 Å². The van der Waals surface area contributed by atoms with Crippen LogP contribution in [0.3, 0.4) is 0 Å². The number of benzene rings is 2. The molecule has 3 aromatic rings. The Morgan fingerprint density at radius 3 is 2.43 bits per heavy atom. The van der Waals surface area contributed by atoms with E-state index >= 15 is 0 Å². The van der Waals surface area contributed by atoms with Gasteiger partial charge in [0.15, 0.2) is 6.29 Å². The zero-order valence-electron chi connectivity index (χ0n) is 12.4. The first-order valence-corrected chi connectivity index (χ1v) is 7.20. The number of nitrogens with zero attached hydrogens (tertiary/aromatic N) is 1. The largest absolute Gasteiger partial charge is 0.439 e. The monoisotopic (exact) mass is 305 g/mol. The molecule has 114 valence electrons. The van der Waals surface area contributed by atoms with Gasteiger partial charge < -0.3 is 9.32 Å². The van der Waals surface area contributed by atoms with Crippen molar-refractivity contribution >= 4 is 28.8 Å². The van der Waals surface area contributed by atoms with Crippen LogP contribution in [0.1, 0.15) is 10.4 Å². The van der Waals surface area contributed by atoms with Crippen LogP contribution in [0.4, 0.5) is 11.6 Å². The summed E-state index contributed by atoms with van der Waals surface area (Å²) in [4.78, 5) is 25.9. The van der Waals surface area contributed by atoms with E-state index in [1.165, 1.54) is 0 Å². The van der Waals surface area contributed by atoms with Gasteiger partial charge in [0.2, 0.25) is 11.3 Å². The van der Waals surface area contributed by atoms with Gasteiger partial charge in [0, 0.05) is 12.2 Å². The van der Waals surface area contributed by atoms with Crippen molar-refractivity contribution in [1.29, 1.82) is 0 Å². The van der Waals surface area contributed by atoms with Crippen LogP contribution in [0, 0.1) is 0 Å². The standard InChI is InChI=1S/C19H15NO3/c1-2-12-20(14-8-4-3-5-9-14)19-16(13-21)18(22)15-10-6-7-11-17(15)23-19/h2-11,13H,1,12H2. The minimum absolute atomic E-state index is 0.00871. The molecule has 0 aliphatic carbocycles. The van der Waals surface area contributed by atoms with Crippen molar-refractivity contribution in [3.05, 3.63) is 83.0 Å². The molecule has 3 rings (SSSR count). The predicted octanol–water partition coefficient (Wildman–Crippen LogP) is 3.93. The van der Waals surface area contributed by atoms with E-state index in [4.69, 9.17) is 4.42 Å². The normalized spacial score (nSPS) is 10.4. The highest BCUT2D eigenvalue weighted by Crippen LogP contribution is 2.29. The number of aldehydes is 1. The Hall–Kier alpha value is -3.14. The molecule has 0 aliphatic rings. The Morgan fingerprint density at radius 1 is 1.04 bits per heavy atom. The van der Waals surface area contributed by atoms with E-state index in [2.05, 4.69) is 6.58 Å². The van der Waals surface area contributed by atoms with Crippen molar-refractivity contribution in [2.75, 3.05) is 11.4 Å². The number of anilines is 2. The van der Waals surface area contributed by atoms with Crippen molar-refractivity contribution in [3.63, 3.8) is 0 Å². The zero-order chi connectivity index (χ0) is 16.2. The lowest BCUT2D eigenvalue weighted by atomic mass is 10.1.